The third kappa shape index (κ3) is 3.34. The van der Waals surface area contributed by atoms with Crippen LogP contribution in [0.4, 0.5) is 0 Å². The quantitative estimate of drug-likeness (QED) is 0.850. The molecule has 0 radical (unpaired) electrons. The Morgan fingerprint density at radius 3 is 2.67 bits per heavy atom. The minimum absolute atomic E-state index is 0.187. The van der Waals surface area contributed by atoms with E-state index in [1.807, 2.05) is 18.2 Å². The van der Waals surface area contributed by atoms with Gasteiger partial charge in [0, 0.05) is 23.0 Å². The molecular formula is C14H16BrNOS. The van der Waals surface area contributed by atoms with Crippen LogP contribution in [-0.4, -0.2) is 5.11 Å². The van der Waals surface area contributed by atoms with E-state index in [1.165, 1.54) is 4.88 Å². The molecule has 2 N–H and O–H groups in total. The lowest BCUT2D eigenvalue weighted by Gasteiger charge is -2.18. The number of benzene rings is 1. The zero-order valence-corrected chi connectivity index (χ0v) is 12.6. The Morgan fingerprint density at radius 1 is 1.28 bits per heavy atom. The molecule has 2 nitrogen and oxygen atoms in total. The maximum absolute atomic E-state index is 9.87. The lowest BCUT2D eigenvalue weighted by molar-refractivity contribution is 0.441. The SMILES string of the molecule is CCC(NCc1ccc(Br)s1)c1ccccc1O. The Hall–Kier alpha value is -0.840. The molecular weight excluding hydrogens is 310 g/mol. The van der Waals surface area contributed by atoms with Crippen LogP contribution in [0.5, 0.6) is 5.75 Å². The summed E-state index contributed by atoms with van der Waals surface area (Å²) >= 11 is 5.19. The molecule has 1 aromatic carbocycles. The second kappa shape index (κ2) is 6.36. The first-order valence-electron chi connectivity index (χ1n) is 5.96. The molecule has 0 saturated heterocycles. The van der Waals surface area contributed by atoms with Gasteiger partial charge < -0.3 is 10.4 Å². The summed E-state index contributed by atoms with van der Waals surface area (Å²) in [5.74, 6) is 0.365. The summed E-state index contributed by atoms with van der Waals surface area (Å²) in [6, 6.07) is 11.9. The van der Waals surface area contributed by atoms with Crippen LogP contribution in [0.1, 0.15) is 29.8 Å². The topological polar surface area (TPSA) is 32.3 Å². The van der Waals surface area contributed by atoms with Gasteiger partial charge in [0.1, 0.15) is 5.75 Å². The smallest absolute Gasteiger partial charge is 0.120 e. The molecule has 0 saturated carbocycles. The molecule has 0 aliphatic heterocycles. The van der Waals surface area contributed by atoms with Gasteiger partial charge in [-0.15, -0.1) is 11.3 Å². The number of rotatable bonds is 5. The summed E-state index contributed by atoms with van der Waals surface area (Å²) in [4.78, 5) is 1.29. The van der Waals surface area contributed by atoms with Gasteiger partial charge >= 0.3 is 0 Å². The van der Waals surface area contributed by atoms with E-state index in [-0.39, 0.29) is 6.04 Å². The van der Waals surface area contributed by atoms with Crippen molar-refractivity contribution in [2.75, 3.05) is 0 Å². The molecule has 96 valence electrons. The van der Waals surface area contributed by atoms with Crippen molar-refractivity contribution in [1.82, 2.24) is 5.32 Å². The fourth-order valence-corrected chi connectivity index (χ4v) is 3.36. The number of hydrogen-bond donors (Lipinski definition) is 2. The second-order valence-electron chi connectivity index (χ2n) is 4.11. The fourth-order valence-electron chi connectivity index (χ4n) is 1.93. The van der Waals surface area contributed by atoms with Crippen molar-refractivity contribution >= 4 is 27.3 Å². The average molecular weight is 326 g/mol. The minimum atomic E-state index is 0.187. The number of halogens is 1. The molecule has 2 rings (SSSR count). The van der Waals surface area contributed by atoms with Gasteiger partial charge in [0.25, 0.3) is 0 Å². The predicted molar refractivity (Wildman–Crippen MR) is 80.0 cm³/mol. The van der Waals surface area contributed by atoms with Gasteiger partial charge in [-0.1, -0.05) is 25.1 Å². The third-order valence-corrected chi connectivity index (χ3v) is 4.50. The Kier molecular flexibility index (Phi) is 4.80. The molecule has 0 aliphatic carbocycles. The van der Waals surface area contributed by atoms with Crippen molar-refractivity contribution in [3.8, 4) is 5.75 Å². The number of aromatic hydroxyl groups is 1. The second-order valence-corrected chi connectivity index (χ2v) is 6.65. The van der Waals surface area contributed by atoms with Crippen LogP contribution in [-0.2, 0) is 6.54 Å². The van der Waals surface area contributed by atoms with Crippen molar-refractivity contribution in [1.29, 1.82) is 0 Å². The van der Waals surface area contributed by atoms with Crippen molar-refractivity contribution < 1.29 is 5.11 Å². The van der Waals surface area contributed by atoms with E-state index in [0.717, 1.165) is 22.3 Å². The summed E-state index contributed by atoms with van der Waals surface area (Å²) in [5, 5.41) is 13.4. The summed E-state index contributed by atoms with van der Waals surface area (Å²) in [5.41, 5.74) is 0.968. The monoisotopic (exact) mass is 325 g/mol. The van der Waals surface area contributed by atoms with Gasteiger partial charge in [-0.2, -0.15) is 0 Å². The molecule has 0 amide bonds. The molecule has 1 atom stereocenters. The van der Waals surface area contributed by atoms with Crippen LogP contribution in [0.3, 0.4) is 0 Å². The Labute approximate surface area is 120 Å². The molecule has 0 fully saturated rings. The zero-order valence-electron chi connectivity index (χ0n) is 10.2. The molecule has 1 heterocycles. The van der Waals surface area contributed by atoms with Crippen molar-refractivity contribution in [2.45, 2.75) is 25.9 Å². The highest BCUT2D eigenvalue weighted by molar-refractivity contribution is 9.11. The summed E-state index contributed by atoms with van der Waals surface area (Å²) in [7, 11) is 0. The molecule has 0 aliphatic rings. The lowest BCUT2D eigenvalue weighted by Crippen LogP contribution is -2.19. The molecule has 18 heavy (non-hydrogen) atoms. The van der Waals surface area contributed by atoms with E-state index in [9.17, 15) is 5.11 Å². The number of nitrogens with one attached hydrogen (secondary N) is 1. The van der Waals surface area contributed by atoms with E-state index >= 15 is 0 Å². The van der Waals surface area contributed by atoms with Gasteiger partial charge in [0.05, 0.1) is 3.79 Å². The van der Waals surface area contributed by atoms with E-state index in [2.05, 4.69) is 40.3 Å². The average Bonchev–Trinajstić information content (AvgIpc) is 2.78. The standard InChI is InChI=1S/C14H16BrNOS/c1-2-12(11-5-3-4-6-13(11)17)16-9-10-7-8-14(15)18-10/h3-8,12,16-17H,2,9H2,1H3. The first-order chi connectivity index (χ1) is 8.70. The van der Waals surface area contributed by atoms with Crippen LogP contribution < -0.4 is 5.32 Å². The van der Waals surface area contributed by atoms with Crippen molar-refractivity contribution in [2.24, 2.45) is 0 Å². The van der Waals surface area contributed by atoms with Crippen LogP contribution >= 0.6 is 27.3 Å². The predicted octanol–water partition coefficient (Wildman–Crippen LogP) is 4.46. The summed E-state index contributed by atoms with van der Waals surface area (Å²) in [6.07, 6.45) is 0.949. The number of para-hydroxylation sites is 1. The summed E-state index contributed by atoms with van der Waals surface area (Å²) < 4.78 is 1.15. The fraction of sp³-hybridized carbons (Fsp3) is 0.286. The highest BCUT2D eigenvalue weighted by Gasteiger charge is 2.12. The van der Waals surface area contributed by atoms with Crippen LogP contribution in [0.25, 0.3) is 0 Å². The number of thiophene rings is 1. The van der Waals surface area contributed by atoms with Crippen LogP contribution in [0, 0.1) is 0 Å². The van der Waals surface area contributed by atoms with Crippen LogP contribution in [0.15, 0.2) is 40.2 Å². The molecule has 1 unspecified atom stereocenters. The molecule has 1 aromatic heterocycles. The first-order valence-corrected chi connectivity index (χ1v) is 7.57. The molecule has 0 spiro atoms. The number of phenolic OH excluding ortho intramolecular Hbond substituents is 1. The van der Waals surface area contributed by atoms with E-state index in [4.69, 9.17) is 0 Å². The zero-order chi connectivity index (χ0) is 13.0. The van der Waals surface area contributed by atoms with Gasteiger partial charge in [-0.25, -0.2) is 0 Å². The highest BCUT2D eigenvalue weighted by atomic mass is 79.9. The normalized spacial score (nSPS) is 12.6. The van der Waals surface area contributed by atoms with E-state index < -0.39 is 0 Å². The summed E-state index contributed by atoms with van der Waals surface area (Å²) in [6.45, 7) is 2.94. The first kappa shape index (κ1) is 13.6. The van der Waals surface area contributed by atoms with Crippen molar-refractivity contribution in [3.05, 3.63) is 50.6 Å². The minimum Gasteiger partial charge on any atom is -0.508 e. The Bertz CT molecular complexity index is 512. The largest absolute Gasteiger partial charge is 0.508 e. The lowest BCUT2D eigenvalue weighted by atomic mass is 10.0. The number of phenols is 1. The Morgan fingerprint density at radius 2 is 2.06 bits per heavy atom. The van der Waals surface area contributed by atoms with Gasteiger partial charge in [-0.05, 0) is 40.5 Å². The van der Waals surface area contributed by atoms with E-state index in [1.54, 1.807) is 17.4 Å². The Balaban J connectivity index is 2.04. The molecule has 0 bridgehead atoms. The van der Waals surface area contributed by atoms with Gasteiger partial charge in [-0.3, -0.25) is 0 Å². The number of hydrogen-bond acceptors (Lipinski definition) is 3. The van der Waals surface area contributed by atoms with Crippen molar-refractivity contribution in [3.63, 3.8) is 0 Å². The highest BCUT2D eigenvalue weighted by Crippen LogP contribution is 2.27. The third-order valence-electron chi connectivity index (χ3n) is 2.87. The molecule has 2 aromatic rings. The van der Waals surface area contributed by atoms with Crippen LogP contribution in [0.2, 0.25) is 0 Å². The van der Waals surface area contributed by atoms with Gasteiger partial charge in [0.2, 0.25) is 0 Å². The van der Waals surface area contributed by atoms with Gasteiger partial charge in [0.15, 0.2) is 0 Å². The van der Waals surface area contributed by atoms with E-state index in [0.29, 0.717) is 5.75 Å². The maximum atomic E-state index is 9.87. The molecule has 4 heteroatoms. The maximum Gasteiger partial charge on any atom is 0.120 e.